The van der Waals surface area contributed by atoms with Gasteiger partial charge in [-0.1, -0.05) is 30.3 Å². The predicted octanol–water partition coefficient (Wildman–Crippen LogP) is 3.25. The van der Waals surface area contributed by atoms with E-state index in [9.17, 15) is 0 Å². The third kappa shape index (κ3) is 3.38. The molecule has 0 radical (unpaired) electrons. The van der Waals surface area contributed by atoms with Crippen molar-refractivity contribution < 1.29 is 4.74 Å². The lowest BCUT2D eigenvalue weighted by molar-refractivity contribution is -0.105. The van der Waals surface area contributed by atoms with Crippen molar-refractivity contribution in [3.8, 4) is 0 Å². The number of hydrogen-bond donors (Lipinski definition) is 1. The van der Waals surface area contributed by atoms with Crippen molar-refractivity contribution in [2.75, 3.05) is 18.1 Å². The molecule has 110 valence electrons. The first-order valence-corrected chi connectivity index (χ1v) is 8.94. The first-order valence-electron chi connectivity index (χ1n) is 7.79. The van der Waals surface area contributed by atoms with Crippen LogP contribution in [0.5, 0.6) is 0 Å². The van der Waals surface area contributed by atoms with Crippen molar-refractivity contribution in [2.24, 2.45) is 11.7 Å². The Hall–Kier alpha value is -0.510. The number of rotatable bonds is 3. The molecule has 1 spiro atoms. The van der Waals surface area contributed by atoms with Crippen LogP contribution in [-0.2, 0) is 11.2 Å². The molecule has 0 amide bonds. The van der Waals surface area contributed by atoms with Gasteiger partial charge in [-0.05, 0) is 55.1 Å². The molecule has 3 heteroatoms. The predicted molar refractivity (Wildman–Crippen MR) is 86.1 cm³/mol. The van der Waals surface area contributed by atoms with Crippen molar-refractivity contribution in [2.45, 2.75) is 43.7 Å². The molecule has 0 aromatic heterocycles. The van der Waals surface area contributed by atoms with Gasteiger partial charge in [-0.3, -0.25) is 0 Å². The summed E-state index contributed by atoms with van der Waals surface area (Å²) in [4.78, 5) is 0. The van der Waals surface area contributed by atoms with E-state index >= 15 is 0 Å². The van der Waals surface area contributed by atoms with Gasteiger partial charge in [0, 0.05) is 12.6 Å². The summed E-state index contributed by atoms with van der Waals surface area (Å²) in [6, 6.07) is 10.9. The van der Waals surface area contributed by atoms with Crippen LogP contribution in [0.3, 0.4) is 0 Å². The zero-order valence-corrected chi connectivity index (χ0v) is 12.9. The molecule has 2 nitrogen and oxygen atoms in total. The van der Waals surface area contributed by atoms with Gasteiger partial charge in [-0.2, -0.15) is 11.8 Å². The normalized spacial score (nSPS) is 27.4. The summed E-state index contributed by atoms with van der Waals surface area (Å²) >= 11 is 2.06. The van der Waals surface area contributed by atoms with Gasteiger partial charge in [0.05, 0.1) is 5.60 Å². The Morgan fingerprint density at radius 3 is 2.75 bits per heavy atom. The minimum absolute atomic E-state index is 0.155. The summed E-state index contributed by atoms with van der Waals surface area (Å²) in [5.74, 6) is 3.12. The van der Waals surface area contributed by atoms with Gasteiger partial charge >= 0.3 is 0 Å². The topological polar surface area (TPSA) is 35.2 Å². The second-order valence-corrected chi connectivity index (χ2v) is 7.48. The molecule has 3 rings (SSSR count). The molecule has 20 heavy (non-hydrogen) atoms. The molecule has 2 saturated heterocycles. The molecule has 2 fully saturated rings. The molecule has 2 N–H and O–H groups in total. The first kappa shape index (κ1) is 14.4. The lowest BCUT2D eigenvalue weighted by Gasteiger charge is -2.44. The molecule has 1 aromatic carbocycles. The summed E-state index contributed by atoms with van der Waals surface area (Å²) < 4.78 is 6.17. The Labute approximate surface area is 126 Å². The molecule has 0 bridgehead atoms. The Morgan fingerprint density at radius 1 is 1.25 bits per heavy atom. The molecular formula is C17H25NOS. The van der Waals surface area contributed by atoms with E-state index in [0.29, 0.717) is 5.92 Å². The summed E-state index contributed by atoms with van der Waals surface area (Å²) in [7, 11) is 0. The van der Waals surface area contributed by atoms with Crippen LogP contribution in [0.1, 0.15) is 31.2 Å². The van der Waals surface area contributed by atoms with E-state index in [-0.39, 0.29) is 11.6 Å². The smallest absolute Gasteiger partial charge is 0.0701 e. The van der Waals surface area contributed by atoms with Crippen LogP contribution in [0.15, 0.2) is 30.3 Å². The summed E-state index contributed by atoms with van der Waals surface area (Å²) in [6.45, 7) is 0.901. The molecule has 2 heterocycles. The standard InChI is InChI=1S/C17H25NOS/c18-16(12-14-4-2-1-3-5-14)15-6-9-19-17(13-15)7-10-20-11-8-17/h1-5,15-16H,6-13,18H2. The highest BCUT2D eigenvalue weighted by Gasteiger charge is 2.40. The highest BCUT2D eigenvalue weighted by atomic mass is 32.2. The second kappa shape index (κ2) is 6.50. The third-order valence-electron chi connectivity index (χ3n) is 4.85. The van der Waals surface area contributed by atoms with Crippen LogP contribution in [0.2, 0.25) is 0 Å². The third-order valence-corrected chi connectivity index (χ3v) is 5.84. The van der Waals surface area contributed by atoms with Crippen molar-refractivity contribution in [1.29, 1.82) is 0 Å². The summed E-state index contributed by atoms with van der Waals surface area (Å²) in [6.07, 6.45) is 5.72. The quantitative estimate of drug-likeness (QED) is 0.928. The van der Waals surface area contributed by atoms with Gasteiger partial charge in [0.15, 0.2) is 0 Å². The van der Waals surface area contributed by atoms with Crippen LogP contribution in [0, 0.1) is 5.92 Å². The minimum Gasteiger partial charge on any atom is -0.375 e. The van der Waals surface area contributed by atoms with Gasteiger partial charge in [0.25, 0.3) is 0 Å². The van der Waals surface area contributed by atoms with Gasteiger partial charge in [-0.25, -0.2) is 0 Å². The molecular weight excluding hydrogens is 266 g/mol. The SMILES string of the molecule is NC(Cc1ccccc1)C1CCOC2(CCSCC2)C1. The molecule has 2 unspecified atom stereocenters. The average Bonchev–Trinajstić information content (AvgIpc) is 2.49. The number of hydrogen-bond acceptors (Lipinski definition) is 3. The number of nitrogens with two attached hydrogens (primary N) is 1. The average molecular weight is 291 g/mol. The van der Waals surface area contributed by atoms with Crippen molar-refractivity contribution in [3.63, 3.8) is 0 Å². The van der Waals surface area contributed by atoms with Crippen LogP contribution in [-0.4, -0.2) is 29.8 Å². The Bertz CT molecular complexity index is 411. The maximum atomic E-state index is 6.51. The molecule has 2 aliphatic rings. The van der Waals surface area contributed by atoms with Crippen LogP contribution in [0.25, 0.3) is 0 Å². The summed E-state index contributed by atoms with van der Waals surface area (Å²) in [5, 5.41) is 0. The van der Waals surface area contributed by atoms with Crippen molar-refractivity contribution >= 4 is 11.8 Å². The molecule has 2 aliphatic heterocycles. The lowest BCUT2D eigenvalue weighted by Crippen LogP contribution is -2.47. The van der Waals surface area contributed by atoms with E-state index in [1.165, 1.54) is 36.3 Å². The van der Waals surface area contributed by atoms with Crippen LogP contribution < -0.4 is 5.73 Å². The maximum absolute atomic E-state index is 6.51. The number of benzene rings is 1. The number of ether oxygens (including phenoxy) is 1. The Kier molecular flexibility index (Phi) is 4.69. The largest absolute Gasteiger partial charge is 0.375 e. The van der Waals surface area contributed by atoms with E-state index in [4.69, 9.17) is 10.5 Å². The second-order valence-electron chi connectivity index (χ2n) is 6.25. The van der Waals surface area contributed by atoms with Crippen molar-refractivity contribution in [3.05, 3.63) is 35.9 Å². The van der Waals surface area contributed by atoms with Gasteiger partial charge in [-0.15, -0.1) is 0 Å². The van der Waals surface area contributed by atoms with E-state index in [1.54, 1.807) is 0 Å². The molecule has 0 aliphatic carbocycles. The van der Waals surface area contributed by atoms with Crippen LogP contribution >= 0.6 is 11.8 Å². The monoisotopic (exact) mass is 291 g/mol. The van der Waals surface area contributed by atoms with E-state index in [0.717, 1.165) is 19.4 Å². The number of thioether (sulfide) groups is 1. The van der Waals surface area contributed by atoms with E-state index in [2.05, 4.69) is 42.1 Å². The fourth-order valence-electron chi connectivity index (χ4n) is 3.58. The Morgan fingerprint density at radius 2 is 2.00 bits per heavy atom. The van der Waals surface area contributed by atoms with E-state index < -0.39 is 0 Å². The molecule has 1 aromatic rings. The fourth-order valence-corrected chi connectivity index (χ4v) is 4.81. The first-order chi connectivity index (χ1) is 9.77. The van der Waals surface area contributed by atoms with Crippen LogP contribution in [0.4, 0.5) is 0 Å². The lowest BCUT2D eigenvalue weighted by atomic mass is 9.77. The maximum Gasteiger partial charge on any atom is 0.0701 e. The van der Waals surface area contributed by atoms with Gasteiger partial charge < -0.3 is 10.5 Å². The van der Waals surface area contributed by atoms with Crippen molar-refractivity contribution in [1.82, 2.24) is 0 Å². The zero-order chi connectivity index (χ0) is 13.8. The zero-order valence-electron chi connectivity index (χ0n) is 12.1. The van der Waals surface area contributed by atoms with Gasteiger partial charge in [0.2, 0.25) is 0 Å². The summed E-state index contributed by atoms with van der Waals surface area (Å²) in [5.41, 5.74) is 8.03. The van der Waals surface area contributed by atoms with Gasteiger partial charge in [0.1, 0.15) is 0 Å². The Balaban J connectivity index is 1.61. The fraction of sp³-hybridized carbons (Fsp3) is 0.647. The highest BCUT2D eigenvalue weighted by molar-refractivity contribution is 7.99. The molecule has 0 saturated carbocycles. The van der Waals surface area contributed by atoms with E-state index in [1.807, 2.05) is 0 Å². The molecule has 2 atom stereocenters. The minimum atomic E-state index is 0.155. The highest BCUT2D eigenvalue weighted by Crippen LogP contribution is 2.40.